The molecule has 0 aromatic carbocycles. The van der Waals surface area contributed by atoms with Crippen molar-refractivity contribution in [3.63, 3.8) is 0 Å². The first kappa shape index (κ1) is 19.9. The molecular weight excluding hydrogens is 346 g/mol. The fraction of sp³-hybridized carbons (Fsp3) is 0.867. The summed E-state index contributed by atoms with van der Waals surface area (Å²) in [6.07, 6.45) is 3.34. The molecule has 1 amide bonds. The second-order valence-electron chi connectivity index (χ2n) is 6.31. The molecule has 0 saturated carbocycles. The highest BCUT2D eigenvalue weighted by atomic mass is 32.2. The predicted octanol–water partition coefficient (Wildman–Crippen LogP) is -1.18. The summed E-state index contributed by atoms with van der Waals surface area (Å²) < 4.78 is 30.0. The average Bonchev–Trinajstić information content (AvgIpc) is 3.11. The van der Waals surface area contributed by atoms with E-state index >= 15 is 0 Å². The summed E-state index contributed by atoms with van der Waals surface area (Å²) in [6, 6.07) is 0. The molecule has 0 spiro atoms. The minimum absolute atomic E-state index is 0.104. The van der Waals surface area contributed by atoms with E-state index in [1.807, 2.05) is 4.90 Å². The quantitative estimate of drug-likeness (QED) is 0.344. The maximum Gasteiger partial charge on any atom is 0.251 e. The molecule has 144 valence electrons. The van der Waals surface area contributed by atoms with Crippen molar-refractivity contribution < 1.29 is 17.9 Å². The van der Waals surface area contributed by atoms with E-state index in [1.165, 1.54) is 0 Å². The maximum absolute atomic E-state index is 12.4. The molecule has 0 aromatic heterocycles. The molecule has 1 unspecified atom stereocenters. The zero-order valence-electron chi connectivity index (χ0n) is 15.0. The van der Waals surface area contributed by atoms with E-state index < -0.39 is 10.0 Å². The minimum atomic E-state index is -3.14. The largest absolute Gasteiger partial charge is 0.368 e. The Balaban J connectivity index is 1.69. The van der Waals surface area contributed by atoms with Crippen molar-refractivity contribution in [1.29, 1.82) is 0 Å². The molecule has 2 saturated heterocycles. The number of guanidine groups is 1. The van der Waals surface area contributed by atoms with Crippen molar-refractivity contribution in [2.24, 2.45) is 4.99 Å². The summed E-state index contributed by atoms with van der Waals surface area (Å²) in [5.74, 6) is 0.885. The van der Waals surface area contributed by atoms with Gasteiger partial charge in [0.15, 0.2) is 5.96 Å². The Kier molecular flexibility index (Phi) is 7.45. The van der Waals surface area contributed by atoms with E-state index in [-0.39, 0.29) is 12.0 Å². The van der Waals surface area contributed by atoms with Gasteiger partial charge < -0.3 is 19.9 Å². The first-order valence-corrected chi connectivity index (χ1v) is 10.6. The topological polar surface area (TPSA) is 103 Å². The van der Waals surface area contributed by atoms with Crippen LogP contribution in [0.1, 0.15) is 19.3 Å². The molecule has 2 aliphatic heterocycles. The number of nitrogens with one attached hydrogen (secondary N) is 2. The lowest BCUT2D eigenvalue weighted by Crippen LogP contribution is -2.55. The van der Waals surface area contributed by atoms with Gasteiger partial charge in [0, 0.05) is 52.9 Å². The summed E-state index contributed by atoms with van der Waals surface area (Å²) in [7, 11) is -1.42. The smallest absolute Gasteiger partial charge is 0.251 e. The minimum Gasteiger partial charge on any atom is -0.368 e. The van der Waals surface area contributed by atoms with Gasteiger partial charge in [0.25, 0.3) is 5.91 Å². The molecule has 2 heterocycles. The number of amides is 1. The normalized spacial score (nSPS) is 22.3. The summed E-state index contributed by atoms with van der Waals surface area (Å²) in [5, 5.41) is 3.24. The molecule has 10 heteroatoms. The maximum atomic E-state index is 12.4. The molecule has 2 aliphatic rings. The van der Waals surface area contributed by atoms with Gasteiger partial charge in [-0.15, -0.1) is 0 Å². The zero-order valence-corrected chi connectivity index (χ0v) is 15.8. The second-order valence-corrected chi connectivity index (χ2v) is 8.14. The van der Waals surface area contributed by atoms with Crippen LogP contribution in [0.5, 0.6) is 0 Å². The highest BCUT2D eigenvalue weighted by Gasteiger charge is 2.30. The molecule has 0 aromatic rings. The fourth-order valence-corrected chi connectivity index (χ4v) is 3.51. The standard InChI is InChI=1S/C15H29N5O4S/c1-16-15(17-6-4-7-18-25(2,22)23)20-10-8-19(9-11-20)14(21)13-5-3-12-24-13/h13,18H,3-12H2,1-2H3,(H,16,17). The summed E-state index contributed by atoms with van der Waals surface area (Å²) in [4.78, 5) is 20.6. The lowest BCUT2D eigenvalue weighted by atomic mass is 10.2. The fourth-order valence-electron chi connectivity index (χ4n) is 2.99. The van der Waals surface area contributed by atoms with Gasteiger partial charge >= 0.3 is 0 Å². The van der Waals surface area contributed by atoms with E-state index in [9.17, 15) is 13.2 Å². The highest BCUT2D eigenvalue weighted by molar-refractivity contribution is 7.88. The van der Waals surface area contributed by atoms with Crippen molar-refractivity contribution in [3.8, 4) is 0 Å². The number of piperazine rings is 1. The van der Waals surface area contributed by atoms with Gasteiger partial charge in [-0.3, -0.25) is 9.79 Å². The van der Waals surface area contributed by atoms with Crippen LogP contribution in [0.15, 0.2) is 4.99 Å². The van der Waals surface area contributed by atoms with Crippen LogP contribution in [-0.2, 0) is 19.6 Å². The summed E-state index contributed by atoms with van der Waals surface area (Å²) in [5.41, 5.74) is 0. The second kappa shape index (κ2) is 9.35. The van der Waals surface area contributed by atoms with Gasteiger partial charge in [0.2, 0.25) is 10.0 Å². The van der Waals surface area contributed by atoms with Crippen LogP contribution >= 0.6 is 0 Å². The molecule has 0 radical (unpaired) electrons. The Morgan fingerprint density at radius 1 is 1.20 bits per heavy atom. The third-order valence-electron chi connectivity index (χ3n) is 4.31. The third-order valence-corrected chi connectivity index (χ3v) is 5.04. The number of carbonyl (C=O) groups is 1. The number of hydrogen-bond donors (Lipinski definition) is 2. The number of rotatable bonds is 6. The van der Waals surface area contributed by atoms with Crippen LogP contribution in [0.2, 0.25) is 0 Å². The molecule has 0 bridgehead atoms. The van der Waals surface area contributed by atoms with Gasteiger partial charge in [0.1, 0.15) is 6.10 Å². The SMILES string of the molecule is CN=C(NCCCNS(C)(=O)=O)N1CCN(C(=O)C2CCCO2)CC1. The average molecular weight is 375 g/mol. The van der Waals surface area contributed by atoms with Crippen LogP contribution in [-0.4, -0.2) is 95.4 Å². The molecule has 1 atom stereocenters. The number of carbonyl (C=O) groups excluding carboxylic acids is 1. The van der Waals surface area contributed by atoms with Gasteiger partial charge in [0.05, 0.1) is 6.26 Å². The van der Waals surface area contributed by atoms with E-state index in [4.69, 9.17) is 4.74 Å². The van der Waals surface area contributed by atoms with Gasteiger partial charge in [-0.05, 0) is 19.3 Å². The van der Waals surface area contributed by atoms with Gasteiger partial charge in [-0.25, -0.2) is 13.1 Å². The Bertz CT molecular complexity index is 566. The van der Waals surface area contributed by atoms with Crippen LogP contribution in [0.25, 0.3) is 0 Å². The summed E-state index contributed by atoms with van der Waals surface area (Å²) in [6.45, 7) is 4.47. The number of ether oxygens (including phenoxy) is 1. The van der Waals surface area contributed by atoms with Gasteiger partial charge in [-0.1, -0.05) is 0 Å². The van der Waals surface area contributed by atoms with Crippen molar-refractivity contribution >= 4 is 21.9 Å². The van der Waals surface area contributed by atoms with Crippen LogP contribution in [0, 0.1) is 0 Å². The number of aliphatic imine (C=N–C) groups is 1. The number of sulfonamides is 1. The van der Waals surface area contributed by atoms with Crippen molar-refractivity contribution in [2.75, 3.05) is 59.2 Å². The molecule has 2 fully saturated rings. The lowest BCUT2D eigenvalue weighted by Gasteiger charge is -2.37. The Labute approximate surface area is 149 Å². The first-order chi connectivity index (χ1) is 11.9. The highest BCUT2D eigenvalue weighted by Crippen LogP contribution is 2.16. The van der Waals surface area contributed by atoms with E-state index in [0.29, 0.717) is 39.2 Å². The Hall–Kier alpha value is -1.39. The van der Waals surface area contributed by atoms with Crippen LogP contribution in [0.4, 0.5) is 0 Å². The first-order valence-electron chi connectivity index (χ1n) is 8.71. The molecule has 2 rings (SSSR count). The lowest BCUT2D eigenvalue weighted by molar-refractivity contribution is -0.142. The van der Waals surface area contributed by atoms with Crippen molar-refractivity contribution in [1.82, 2.24) is 19.8 Å². The van der Waals surface area contributed by atoms with E-state index in [1.54, 1.807) is 7.05 Å². The zero-order chi connectivity index (χ0) is 18.3. The molecule has 25 heavy (non-hydrogen) atoms. The molecule has 2 N–H and O–H groups in total. The van der Waals surface area contributed by atoms with E-state index in [2.05, 4.69) is 19.9 Å². The van der Waals surface area contributed by atoms with Crippen LogP contribution in [0.3, 0.4) is 0 Å². The van der Waals surface area contributed by atoms with Gasteiger partial charge in [-0.2, -0.15) is 0 Å². The number of hydrogen-bond acceptors (Lipinski definition) is 5. The predicted molar refractivity (Wildman–Crippen MR) is 96.0 cm³/mol. The molecule has 0 aliphatic carbocycles. The monoisotopic (exact) mass is 375 g/mol. The van der Waals surface area contributed by atoms with Crippen molar-refractivity contribution in [2.45, 2.75) is 25.4 Å². The summed E-state index contributed by atoms with van der Waals surface area (Å²) >= 11 is 0. The Morgan fingerprint density at radius 3 is 2.44 bits per heavy atom. The molecular formula is C15H29N5O4S. The third kappa shape index (κ3) is 6.44. The van der Waals surface area contributed by atoms with Crippen molar-refractivity contribution in [3.05, 3.63) is 0 Å². The Morgan fingerprint density at radius 2 is 1.88 bits per heavy atom. The molecule has 9 nitrogen and oxygen atoms in total. The van der Waals surface area contributed by atoms with Crippen LogP contribution < -0.4 is 10.0 Å². The number of nitrogens with zero attached hydrogens (tertiary/aromatic N) is 3. The van der Waals surface area contributed by atoms with E-state index in [0.717, 1.165) is 38.1 Å².